The van der Waals surface area contributed by atoms with E-state index in [-0.39, 0.29) is 18.7 Å². The van der Waals surface area contributed by atoms with E-state index in [0.717, 1.165) is 33.9 Å². The molecule has 0 amide bonds. The highest BCUT2D eigenvalue weighted by Gasteiger charge is 2.13. The minimum atomic E-state index is 0.0731. The molecule has 156 valence electrons. The Morgan fingerprint density at radius 2 is 1.63 bits per heavy atom. The van der Waals surface area contributed by atoms with Crippen molar-refractivity contribution in [1.29, 1.82) is 0 Å². The molecule has 0 unspecified atom stereocenters. The van der Waals surface area contributed by atoms with Crippen LogP contribution in [0.5, 0.6) is 11.6 Å². The van der Waals surface area contributed by atoms with E-state index >= 15 is 0 Å². The molecule has 1 heterocycles. The Bertz CT molecular complexity index is 984. The molecule has 1 N–H and O–H groups in total. The number of carbonyl (C=O) groups excluding carboxylic acids is 1. The number of ether oxygens (including phenoxy) is 2. The third kappa shape index (κ3) is 5.29. The Balaban J connectivity index is 1.75. The minimum Gasteiger partial charge on any atom is -0.497 e. The van der Waals surface area contributed by atoms with Crippen LogP contribution in [0, 0.1) is 0 Å². The summed E-state index contributed by atoms with van der Waals surface area (Å²) in [5.74, 6) is 1.37. The van der Waals surface area contributed by atoms with Gasteiger partial charge in [-0.1, -0.05) is 18.2 Å². The Kier molecular flexibility index (Phi) is 6.91. The number of hydrogen-bond acceptors (Lipinski definition) is 6. The van der Waals surface area contributed by atoms with Crippen molar-refractivity contribution in [2.75, 3.05) is 45.1 Å². The van der Waals surface area contributed by atoms with Crippen LogP contribution in [0.25, 0.3) is 11.3 Å². The molecule has 6 nitrogen and oxygen atoms in total. The fourth-order valence-corrected chi connectivity index (χ4v) is 3.08. The molecule has 0 aliphatic rings. The third-order valence-corrected chi connectivity index (χ3v) is 4.79. The maximum atomic E-state index is 12.6. The van der Waals surface area contributed by atoms with Gasteiger partial charge < -0.3 is 19.7 Å². The van der Waals surface area contributed by atoms with Crippen molar-refractivity contribution >= 4 is 17.2 Å². The van der Waals surface area contributed by atoms with Crippen LogP contribution in [0.1, 0.15) is 5.56 Å². The van der Waals surface area contributed by atoms with E-state index in [0.29, 0.717) is 5.88 Å². The quantitative estimate of drug-likeness (QED) is 0.579. The van der Waals surface area contributed by atoms with Crippen LogP contribution in [0.3, 0.4) is 0 Å². The summed E-state index contributed by atoms with van der Waals surface area (Å²) in [4.78, 5) is 19.3. The summed E-state index contributed by atoms with van der Waals surface area (Å²) in [5, 5.41) is 3.16. The second-order valence-electron chi connectivity index (χ2n) is 7.10. The predicted octanol–water partition coefficient (Wildman–Crippen LogP) is 4.06. The largest absolute Gasteiger partial charge is 0.497 e. The van der Waals surface area contributed by atoms with Crippen molar-refractivity contribution < 1.29 is 14.3 Å². The lowest BCUT2D eigenvalue weighted by atomic mass is 10.0. The van der Waals surface area contributed by atoms with E-state index in [2.05, 4.69) is 10.3 Å². The first kappa shape index (κ1) is 21.2. The first-order valence-electron chi connectivity index (χ1n) is 9.71. The van der Waals surface area contributed by atoms with Gasteiger partial charge in [0.25, 0.3) is 0 Å². The molecule has 0 radical (unpaired) electrons. The lowest BCUT2D eigenvalue weighted by Gasteiger charge is -2.14. The van der Waals surface area contributed by atoms with E-state index in [1.54, 1.807) is 20.3 Å². The number of methoxy groups -OCH3 is 2. The molecule has 0 aliphatic carbocycles. The maximum absolute atomic E-state index is 12.6. The molecule has 0 bridgehead atoms. The lowest BCUT2D eigenvalue weighted by Crippen LogP contribution is -2.16. The average Bonchev–Trinajstić information content (AvgIpc) is 2.78. The molecular formula is C24H27N3O3. The molecule has 0 fully saturated rings. The van der Waals surface area contributed by atoms with Crippen LogP contribution in [-0.4, -0.2) is 45.6 Å². The number of benzene rings is 2. The molecule has 0 saturated heterocycles. The van der Waals surface area contributed by atoms with Gasteiger partial charge in [-0.05, 0) is 42.0 Å². The van der Waals surface area contributed by atoms with Crippen molar-refractivity contribution in [2.24, 2.45) is 0 Å². The summed E-state index contributed by atoms with van der Waals surface area (Å²) in [6.45, 7) is 0.233. The standard InChI is InChI=1S/C24H27N3O3/c1-27(2)20-10-5-17(6-11-20)24-18(7-14-23(26-24)30-4)15-21(28)16-25-19-8-12-22(29-3)13-9-19/h5-14,25H,15-16H2,1-4H3. The SMILES string of the molecule is COc1ccc(NCC(=O)Cc2ccc(OC)nc2-c2ccc(N(C)C)cc2)cc1. The van der Waals surface area contributed by atoms with Crippen molar-refractivity contribution in [3.63, 3.8) is 0 Å². The van der Waals surface area contributed by atoms with Gasteiger partial charge in [-0.2, -0.15) is 0 Å². The van der Waals surface area contributed by atoms with Crippen molar-refractivity contribution in [3.8, 4) is 22.9 Å². The van der Waals surface area contributed by atoms with Crippen LogP contribution >= 0.6 is 0 Å². The fraction of sp³-hybridized carbons (Fsp3) is 0.250. The molecule has 0 aliphatic heterocycles. The second kappa shape index (κ2) is 9.78. The van der Waals surface area contributed by atoms with Gasteiger partial charge in [-0.15, -0.1) is 0 Å². The van der Waals surface area contributed by atoms with Crippen LogP contribution in [0.15, 0.2) is 60.7 Å². The molecular weight excluding hydrogens is 378 g/mol. The molecule has 6 heteroatoms. The summed E-state index contributed by atoms with van der Waals surface area (Å²) in [5.41, 5.74) is 4.55. The number of carbonyl (C=O) groups is 1. The first-order valence-corrected chi connectivity index (χ1v) is 9.71. The number of hydrogen-bond donors (Lipinski definition) is 1. The second-order valence-corrected chi connectivity index (χ2v) is 7.10. The fourth-order valence-electron chi connectivity index (χ4n) is 3.08. The van der Waals surface area contributed by atoms with Gasteiger partial charge in [0.1, 0.15) is 5.75 Å². The van der Waals surface area contributed by atoms with Crippen molar-refractivity contribution in [1.82, 2.24) is 4.98 Å². The molecule has 30 heavy (non-hydrogen) atoms. The Labute approximate surface area is 177 Å². The number of anilines is 2. The van der Waals surface area contributed by atoms with Gasteiger partial charge in [0.15, 0.2) is 5.78 Å². The highest BCUT2D eigenvalue weighted by Crippen LogP contribution is 2.27. The average molecular weight is 405 g/mol. The molecule has 0 saturated carbocycles. The molecule has 3 rings (SSSR count). The molecule has 3 aromatic rings. The molecule has 2 aromatic carbocycles. The number of aromatic nitrogens is 1. The zero-order valence-electron chi connectivity index (χ0n) is 17.8. The highest BCUT2D eigenvalue weighted by atomic mass is 16.5. The van der Waals surface area contributed by atoms with Gasteiger partial charge >= 0.3 is 0 Å². The van der Waals surface area contributed by atoms with Gasteiger partial charge in [-0.25, -0.2) is 4.98 Å². The van der Waals surface area contributed by atoms with E-state index in [9.17, 15) is 4.79 Å². The number of nitrogens with zero attached hydrogens (tertiary/aromatic N) is 2. The Hall–Kier alpha value is -3.54. The van der Waals surface area contributed by atoms with E-state index in [4.69, 9.17) is 9.47 Å². The van der Waals surface area contributed by atoms with Crippen LogP contribution in [0.4, 0.5) is 11.4 Å². The van der Waals surface area contributed by atoms with E-state index in [1.807, 2.05) is 73.6 Å². The lowest BCUT2D eigenvalue weighted by molar-refractivity contribution is -0.116. The monoisotopic (exact) mass is 405 g/mol. The summed E-state index contributed by atoms with van der Waals surface area (Å²) in [6.07, 6.45) is 0.283. The summed E-state index contributed by atoms with van der Waals surface area (Å²) < 4.78 is 10.4. The molecule has 1 aromatic heterocycles. The zero-order valence-corrected chi connectivity index (χ0v) is 17.8. The van der Waals surface area contributed by atoms with Gasteiger partial charge in [-0.3, -0.25) is 4.79 Å². The predicted molar refractivity (Wildman–Crippen MR) is 121 cm³/mol. The number of Topliss-reactive ketones (excluding diaryl/α,β-unsaturated/α-hetero) is 1. The summed E-state index contributed by atoms with van der Waals surface area (Å²) in [7, 11) is 7.21. The molecule has 0 spiro atoms. The van der Waals surface area contributed by atoms with Crippen LogP contribution in [-0.2, 0) is 11.2 Å². The Morgan fingerprint density at radius 1 is 0.933 bits per heavy atom. The van der Waals surface area contributed by atoms with Gasteiger partial charge in [0, 0.05) is 43.5 Å². The maximum Gasteiger partial charge on any atom is 0.213 e. The number of ketones is 1. The number of rotatable bonds is 9. The van der Waals surface area contributed by atoms with Crippen molar-refractivity contribution in [2.45, 2.75) is 6.42 Å². The zero-order chi connectivity index (χ0) is 21.5. The van der Waals surface area contributed by atoms with E-state index < -0.39 is 0 Å². The van der Waals surface area contributed by atoms with Gasteiger partial charge in [0.05, 0.1) is 26.5 Å². The van der Waals surface area contributed by atoms with Crippen molar-refractivity contribution in [3.05, 3.63) is 66.2 Å². The number of nitrogens with one attached hydrogen (secondary N) is 1. The number of pyridine rings is 1. The minimum absolute atomic E-state index is 0.0731. The van der Waals surface area contributed by atoms with Gasteiger partial charge in [0.2, 0.25) is 5.88 Å². The topological polar surface area (TPSA) is 63.7 Å². The highest BCUT2D eigenvalue weighted by molar-refractivity contribution is 5.86. The summed E-state index contributed by atoms with van der Waals surface area (Å²) >= 11 is 0. The van der Waals surface area contributed by atoms with Crippen LogP contribution in [0.2, 0.25) is 0 Å². The van der Waals surface area contributed by atoms with Crippen LogP contribution < -0.4 is 19.7 Å². The normalized spacial score (nSPS) is 10.4. The summed E-state index contributed by atoms with van der Waals surface area (Å²) in [6, 6.07) is 19.3. The van der Waals surface area contributed by atoms with E-state index in [1.165, 1.54) is 0 Å². The molecule has 0 atom stereocenters. The first-order chi connectivity index (χ1) is 14.5. The third-order valence-electron chi connectivity index (χ3n) is 4.79. The smallest absolute Gasteiger partial charge is 0.213 e. The Morgan fingerprint density at radius 3 is 2.23 bits per heavy atom.